The first-order chi connectivity index (χ1) is 12.6. The molecule has 1 aromatic rings. The summed E-state index contributed by atoms with van der Waals surface area (Å²) in [6, 6.07) is 9.03. The van der Waals surface area contributed by atoms with Crippen LogP contribution in [-0.2, 0) is 17.8 Å². The minimum absolute atomic E-state index is 0.261. The molecule has 3 heterocycles. The summed E-state index contributed by atoms with van der Waals surface area (Å²) in [5, 5.41) is 9.03. The number of rotatable bonds is 4. The van der Waals surface area contributed by atoms with Crippen molar-refractivity contribution in [1.29, 1.82) is 0 Å². The summed E-state index contributed by atoms with van der Waals surface area (Å²) in [6.07, 6.45) is 1.47. The fourth-order valence-corrected chi connectivity index (χ4v) is 4.43. The molecule has 3 fully saturated rings. The Morgan fingerprint density at radius 1 is 0.923 bits per heavy atom. The van der Waals surface area contributed by atoms with Crippen molar-refractivity contribution in [3.63, 3.8) is 0 Å². The van der Waals surface area contributed by atoms with Crippen molar-refractivity contribution < 1.29 is 14.6 Å². The lowest BCUT2D eigenvalue weighted by molar-refractivity contribution is -0.0352. The van der Waals surface area contributed by atoms with Crippen molar-refractivity contribution in [3.8, 4) is 0 Å². The minimum Gasteiger partial charge on any atom is -0.465 e. The van der Waals surface area contributed by atoms with E-state index in [1.165, 1.54) is 11.1 Å². The molecule has 0 aromatic heterocycles. The van der Waals surface area contributed by atoms with Crippen molar-refractivity contribution in [2.45, 2.75) is 25.9 Å². The zero-order chi connectivity index (χ0) is 18.0. The van der Waals surface area contributed by atoms with E-state index in [1.807, 2.05) is 0 Å². The normalized spacial score (nSPS) is 23.8. The van der Waals surface area contributed by atoms with Gasteiger partial charge in [-0.15, -0.1) is 0 Å². The number of ether oxygens (including phenoxy) is 1. The van der Waals surface area contributed by atoms with Gasteiger partial charge in [-0.25, -0.2) is 4.79 Å². The smallest absolute Gasteiger partial charge is 0.407 e. The maximum absolute atomic E-state index is 11.0. The molecule has 1 amide bonds. The van der Waals surface area contributed by atoms with Crippen molar-refractivity contribution >= 4 is 6.09 Å². The van der Waals surface area contributed by atoms with Crippen LogP contribution in [0.1, 0.15) is 24.0 Å². The van der Waals surface area contributed by atoms with Crippen LogP contribution in [0.2, 0.25) is 0 Å². The first-order valence-electron chi connectivity index (χ1n) is 9.70. The van der Waals surface area contributed by atoms with Gasteiger partial charge in [0.2, 0.25) is 0 Å². The lowest BCUT2D eigenvalue weighted by Crippen LogP contribution is -2.61. The number of morpholine rings is 1. The van der Waals surface area contributed by atoms with E-state index >= 15 is 0 Å². The Bertz CT molecular complexity index is 612. The SMILES string of the molecule is O=C(O)N1CC2(CCN(Cc3ccc(CN4CCOCC4)cc3)CC2)C1. The Morgan fingerprint density at radius 3 is 1.92 bits per heavy atom. The van der Waals surface area contributed by atoms with Gasteiger partial charge in [-0.3, -0.25) is 9.80 Å². The Hall–Kier alpha value is -1.63. The molecule has 6 nitrogen and oxygen atoms in total. The lowest BCUT2D eigenvalue weighted by atomic mass is 9.72. The molecule has 3 saturated heterocycles. The quantitative estimate of drug-likeness (QED) is 0.892. The number of hydrogen-bond donors (Lipinski definition) is 1. The molecule has 0 atom stereocenters. The van der Waals surface area contributed by atoms with E-state index in [1.54, 1.807) is 4.90 Å². The molecule has 142 valence electrons. The van der Waals surface area contributed by atoms with Gasteiger partial charge in [-0.1, -0.05) is 24.3 Å². The second kappa shape index (κ2) is 7.55. The van der Waals surface area contributed by atoms with Crippen molar-refractivity contribution in [2.24, 2.45) is 5.41 Å². The molecule has 1 N–H and O–H groups in total. The molecule has 3 aliphatic rings. The topological polar surface area (TPSA) is 56.2 Å². The van der Waals surface area contributed by atoms with Gasteiger partial charge in [-0.2, -0.15) is 0 Å². The molecule has 4 rings (SSSR count). The third kappa shape index (κ3) is 4.03. The summed E-state index contributed by atoms with van der Waals surface area (Å²) < 4.78 is 5.41. The van der Waals surface area contributed by atoms with Crippen LogP contribution in [0.5, 0.6) is 0 Å². The number of piperidine rings is 1. The molecule has 1 aromatic carbocycles. The van der Waals surface area contributed by atoms with Crippen LogP contribution in [-0.4, -0.2) is 78.4 Å². The summed E-state index contributed by atoms with van der Waals surface area (Å²) in [7, 11) is 0. The van der Waals surface area contributed by atoms with Gasteiger partial charge in [0.25, 0.3) is 0 Å². The van der Waals surface area contributed by atoms with Crippen molar-refractivity contribution in [3.05, 3.63) is 35.4 Å². The maximum Gasteiger partial charge on any atom is 0.407 e. The monoisotopic (exact) mass is 359 g/mol. The van der Waals surface area contributed by atoms with Crippen LogP contribution in [0.4, 0.5) is 4.79 Å². The van der Waals surface area contributed by atoms with Crippen LogP contribution in [0.15, 0.2) is 24.3 Å². The second-order valence-corrected chi connectivity index (χ2v) is 8.12. The first-order valence-corrected chi connectivity index (χ1v) is 9.70. The average molecular weight is 359 g/mol. The summed E-state index contributed by atoms with van der Waals surface area (Å²) in [5.41, 5.74) is 3.00. The van der Waals surface area contributed by atoms with E-state index in [4.69, 9.17) is 9.84 Å². The minimum atomic E-state index is -0.768. The molecular weight excluding hydrogens is 330 g/mol. The maximum atomic E-state index is 11.0. The number of amides is 1. The first kappa shape index (κ1) is 17.8. The zero-order valence-electron chi connectivity index (χ0n) is 15.4. The molecule has 0 bridgehead atoms. The van der Waals surface area contributed by atoms with E-state index in [0.29, 0.717) is 0 Å². The van der Waals surface area contributed by atoms with E-state index in [9.17, 15) is 4.79 Å². The zero-order valence-corrected chi connectivity index (χ0v) is 15.4. The van der Waals surface area contributed by atoms with Gasteiger partial charge in [-0.05, 0) is 37.1 Å². The lowest BCUT2D eigenvalue weighted by Gasteiger charge is -2.52. The van der Waals surface area contributed by atoms with Crippen LogP contribution in [0, 0.1) is 5.41 Å². The number of carboxylic acid groups (broad SMARTS) is 1. The summed E-state index contributed by atoms with van der Waals surface area (Å²) in [6.45, 7) is 9.35. The van der Waals surface area contributed by atoms with Gasteiger partial charge in [0, 0.05) is 44.7 Å². The molecular formula is C20H29N3O3. The van der Waals surface area contributed by atoms with Crippen LogP contribution in [0.3, 0.4) is 0 Å². The Morgan fingerprint density at radius 2 is 1.42 bits per heavy atom. The highest BCUT2D eigenvalue weighted by atomic mass is 16.5. The van der Waals surface area contributed by atoms with Gasteiger partial charge < -0.3 is 14.7 Å². The molecule has 26 heavy (non-hydrogen) atoms. The van der Waals surface area contributed by atoms with Crippen LogP contribution in [0.25, 0.3) is 0 Å². The van der Waals surface area contributed by atoms with Gasteiger partial charge in [0.05, 0.1) is 13.2 Å². The Labute approximate surface area is 155 Å². The molecule has 0 radical (unpaired) electrons. The predicted molar refractivity (Wildman–Crippen MR) is 99.1 cm³/mol. The molecule has 6 heteroatoms. The van der Waals surface area contributed by atoms with Gasteiger partial charge in [0.1, 0.15) is 0 Å². The number of likely N-dealkylation sites (tertiary alicyclic amines) is 2. The van der Waals surface area contributed by atoms with E-state index in [2.05, 4.69) is 34.1 Å². The summed E-state index contributed by atoms with van der Waals surface area (Å²) in [5.74, 6) is 0. The molecule has 0 unspecified atom stereocenters. The summed E-state index contributed by atoms with van der Waals surface area (Å²) in [4.78, 5) is 17.5. The Balaban J connectivity index is 1.23. The van der Waals surface area contributed by atoms with Gasteiger partial charge >= 0.3 is 6.09 Å². The standard InChI is InChI=1S/C20H29N3O3/c24-19(25)23-15-20(16-23)5-7-21(8-6-20)13-17-1-3-18(4-2-17)14-22-9-11-26-12-10-22/h1-4H,5-16H2,(H,24,25). The van der Waals surface area contributed by atoms with E-state index < -0.39 is 6.09 Å². The fourth-order valence-electron chi connectivity index (χ4n) is 4.43. The number of carbonyl (C=O) groups is 1. The molecule has 0 aliphatic carbocycles. The summed E-state index contributed by atoms with van der Waals surface area (Å²) >= 11 is 0. The number of nitrogens with zero attached hydrogens (tertiary/aromatic N) is 3. The van der Waals surface area contributed by atoms with E-state index in [-0.39, 0.29) is 5.41 Å². The van der Waals surface area contributed by atoms with Crippen LogP contribution >= 0.6 is 0 Å². The fraction of sp³-hybridized carbons (Fsp3) is 0.650. The largest absolute Gasteiger partial charge is 0.465 e. The predicted octanol–water partition coefficient (Wildman–Crippen LogP) is 2.09. The molecule has 0 saturated carbocycles. The van der Waals surface area contributed by atoms with Crippen LogP contribution < -0.4 is 0 Å². The highest BCUT2D eigenvalue weighted by Gasteiger charge is 2.46. The number of benzene rings is 1. The number of hydrogen-bond acceptors (Lipinski definition) is 4. The Kier molecular flexibility index (Phi) is 5.16. The average Bonchev–Trinajstić information content (AvgIpc) is 2.63. The molecule has 1 spiro atoms. The van der Waals surface area contributed by atoms with Crippen molar-refractivity contribution in [1.82, 2.24) is 14.7 Å². The van der Waals surface area contributed by atoms with Crippen molar-refractivity contribution in [2.75, 3.05) is 52.5 Å². The third-order valence-corrected chi connectivity index (χ3v) is 6.18. The third-order valence-electron chi connectivity index (χ3n) is 6.18. The molecule has 3 aliphatic heterocycles. The second-order valence-electron chi connectivity index (χ2n) is 8.12. The van der Waals surface area contributed by atoms with E-state index in [0.717, 1.165) is 78.4 Å². The van der Waals surface area contributed by atoms with Gasteiger partial charge in [0.15, 0.2) is 0 Å². The highest BCUT2D eigenvalue weighted by molar-refractivity contribution is 5.66. The highest BCUT2D eigenvalue weighted by Crippen LogP contribution is 2.40.